The van der Waals surface area contributed by atoms with E-state index in [9.17, 15) is 14.7 Å². The summed E-state index contributed by atoms with van der Waals surface area (Å²) in [6, 6.07) is 25.7. The molecule has 6 rings (SSSR count). The summed E-state index contributed by atoms with van der Waals surface area (Å²) >= 11 is 0. The van der Waals surface area contributed by atoms with Crippen molar-refractivity contribution in [1.82, 2.24) is 14.7 Å². The molecule has 2 heterocycles. The number of nitrogens with one attached hydrogen (secondary N) is 1. The van der Waals surface area contributed by atoms with Crippen molar-refractivity contribution < 1.29 is 28.9 Å². The van der Waals surface area contributed by atoms with Crippen LogP contribution < -0.4 is 14.8 Å². The average molecular weight is 564 g/mol. The third-order valence-electron chi connectivity index (χ3n) is 7.62. The third kappa shape index (κ3) is 4.89. The summed E-state index contributed by atoms with van der Waals surface area (Å²) in [5.74, 6) is -0.244. The maximum absolute atomic E-state index is 13.0. The minimum atomic E-state index is -1.26. The molecule has 0 bridgehead atoms. The van der Waals surface area contributed by atoms with Gasteiger partial charge in [0.2, 0.25) is 0 Å². The molecular weight excluding hydrogens is 534 g/mol. The van der Waals surface area contributed by atoms with E-state index in [0.717, 1.165) is 27.8 Å². The van der Waals surface area contributed by atoms with Crippen molar-refractivity contribution in [3.05, 3.63) is 108 Å². The van der Waals surface area contributed by atoms with Crippen LogP contribution in [0.15, 0.2) is 91.1 Å². The fourth-order valence-corrected chi connectivity index (χ4v) is 5.63. The molecule has 42 heavy (non-hydrogen) atoms. The molecule has 0 fully saturated rings. The largest absolute Gasteiger partial charge is 0.493 e. The third-order valence-corrected chi connectivity index (χ3v) is 7.62. The number of alkyl carbamates (subject to hydrolysis) is 1. The smallest absolute Gasteiger partial charge is 0.407 e. The van der Waals surface area contributed by atoms with Crippen molar-refractivity contribution in [3.8, 4) is 33.9 Å². The van der Waals surface area contributed by atoms with Crippen LogP contribution in [0.4, 0.5) is 4.79 Å². The number of nitrogens with zero attached hydrogens (tertiary/aromatic N) is 2. The zero-order valence-corrected chi connectivity index (χ0v) is 23.1. The first-order chi connectivity index (χ1) is 20.5. The molecule has 9 heteroatoms. The van der Waals surface area contributed by atoms with E-state index in [0.29, 0.717) is 28.5 Å². The maximum atomic E-state index is 13.0. The van der Waals surface area contributed by atoms with E-state index in [1.165, 1.54) is 0 Å². The molecule has 0 radical (unpaired) electrons. The zero-order chi connectivity index (χ0) is 29.2. The number of carboxylic acids is 1. The Morgan fingerprint density at radius 2 is 1.57 bits per heavy atom. The summed E-state index contributed by atoms with van der Waals surface area (Å²) in [7, 11) is 3.10. The molecule has 0 saturated heterocycles. The Morgan fingerprint density at radius 3 is 2.24 bits per heavy atom. The molecule has 9 nitrogen and oxygen atoms in total. The Kier molecular flexibility index (Phi) is 7.23. The van der Waals surface area contributed by atoms with Crippen LogP contribution in [0.2, 0.25) is 0 Å². The van der Waals surface area contributed by atoms with Gasteiger partial charge in [0.25, 0.3) is 0 Å². The second kappa shape index (κ2) is 11.3. The molecule has 1 atom stereocenters. The van der Waals surface area contributed by atoms with Crippen LogP contribution in [-0.2, 0) is 16.0 Å². The molecule has 1 aliphatic rings. The van der Waals surface area contributed by atoms with Crippen LogP contribution in [0.5, 0.6) is 11.5 Å². The van der Waals surface area contributed by atoms with E-state index >= 15 is 0 Å². The molecular formula is C33H29N3O6. The molecule has 0 spiro atoms. The van der Waals surface area contributed by atoms with Gasteiger partial charge in [-0.15, -0.1) is 0 Å². The number of carbonyl (C=O) groups is 2. The van der Waals surface area contributed by atoms with Crippen LogP contribution in [0, 0.1) is 0 Å². The van der Waals surface area contributed by atoms with E-state index in [1.54, 1.807) is 26.4 Å². The molecule has 1 aliphatic carbocycles. The van der Waals surface area contributed by atoms with Gasteiger partial charge >= 0.3 is 12.1 Å². The van der Waals surface area contributed by atoms with Gasteiger partial charge in [-0.2, -0.15) is 0 Å². The Hall–Kier alpha value is -5.31. The molecule has 2 aromatic heterocycles. The first-order valence-corrected chi connectivity index (χ1v) is 13.5. The number of fused-ring (bicyclic) bond motifs is 4. The fourth-order valence-electron chi connectivity index (χ4n) is 5.63. The molecule has 0 aliphatic heterocycles. The van der Waals surface area contributed by atoms with Crippen molar-refractivity contribution >= 4 is 17.7 Å². The van der Waals surface area contributed by atoms with Gasteiger partial charge in [-0.25, -0.2) is 14.6 Å². The van der Waals surface area contributed by atoms with Gasteiger partial charge in [0, 0.05) is 24.1 Å². The lowest BCUT2D eigenvalue weighted by atomic mass is 9.98. The monoisotopic (exact) mass is 563 g/mol. The number of benzene rings is 3. The second-order valence-electron chi connectivity index (χ2n) is 9.97. The fraction of sp³-hybridized carbons (Fsp3) is 0.182. The second-order valence-corrected chi connectivity index (χ2v) is 9.97. The molecule has 212 valence electrons. The summed E-state index contributed by atoms with van der Waals surface area (Å²) < 4.78 is 18.3. The topological polar surface area (TPSA) is 111 Å². The number of hydrogen-bond acceptors (Lipinski definition) is 6. The van der Waals surface area contributed by atoms with Crippen molar-refractivity contribution in [2.75, 3.05) is 20.8 Å². The number of rotatable bonds is 9. The first-order valence-electron chi connectivity index (χ1n) is 13.5. The van der Waals surface area contributed by atoms with Gasteiger partial charge in [-0.05, 0) is 52.6 Å². The molecule has 2 N–H and O–H groups in total. The van der Waals surface area contributed by atoms with Crippen LogP contribution in [0.25, 0.3) is 28.0 Å². The highest BCUT2D eigenvalue weighted by atomic mass is 16.5. The number of methoxy groups -OCH3 is 2. The Morgan fingerprint density at radius 1 is 0.905 bits per heavy atom. The Bertz CT molecular complexity index is 1750. The quantitative estimate of drug-likeness (QED) is 0.242. The summed E-state index contributed by atoms with van der Waals surface area (Å²) in [4.78, 5) is 30.1. The standard InChI is InChI=1S/C33H29N3O6/c1-40-28-15-14-20(17-29(28)41-2)31-27(36-16-8-7-13-30(36)35-31)18-26(32(37)38)34-33(39)42-19-25-23-11-5-3-9-21(23)22-10-4-6-12-24(22)25/h3-17,25-26H,18-19H2,1-2H3,(H,34,39)(H,37,38). The molecule has 5 aromatic rings. The van der Waals surface area contributed by atoms with Crippen LogP contribution in [0.3, 0.4) is 0 Å². The van der Waals surface area contributed by atoms with Gasteiger partial charge in [0.05, 0.1) is 25.6 Å². The summed E-state index contributed by atoms with van der Waals surface area (Å²) in [5, 5.41) is 12.7. The lowest BCUT2D eigenvalue weighted by Crippen LogP contribution is -2.43. The first kappa shape index (κ1) is 26.9. The number of pyridine rings is 1. The van der Waals surface area contributed by atoms with Gasteiger partial charge < -0.3 is 29.0 Å². The molecule has 0 saturated carbocycles. The van der Waals surface area contributed by atoms with Crippen molar-refractivity contribution in [3.63, 3.8) is 0 Å². The number of carboxylic acid groups (broad SMARTS) is 1. The highest BCUT2D eigenvalue weighted by Gasteiger charge is 2.30. The number of hydrogen-bond donors (Lipinski definition) is 2. The minimum Gasteiger partial charge on any atom is -0.493 e. The van der Waals surface area contributed by atoms with Crippen molar-refractivity contribution in [2.45, 2.75) is 18.4 Å². The zero-order valence-electron chi connectivity index (χ0n) is 23.1. The van der Waals surface area contributed by atoms with Gasteiger partial charge in [-0.3, -0.25) is 0 Å². The summed E-state index contributed by atoms with van der Waals surface area (Å²) in [6.45, 7) is 0.0820. The number of ether oxygens (including phenoxy) is 3. The Balaban J connectivity index is 1.24. The number of aromatic nitrogens is 2. The van der Waals surface area contributed by atoms with Crippen molar-refractivity contribution in [2.24, 2.45) is 0 Å². The normalized spacial score (nSPS) is 12.8. The van der Waals surface area contributed by atoms with Crippen LogP contribution >= 0.6 is 0 Å². The van der Waals surface area contributed by atoms with E-state index in [-0.39, 0.29) is 18.9 Å². The van der Waals surface area contributed by atoms with Crippen LogP contribution in [0.1, 0.15) is 22.7 Å². The van der Waals surface area contributed by atoms with E-state index in [1.807, 2.05) is 71.3 Å². The molecule has 1 unspecified atom stereocenters. The lowest BCUT2D eigenvalue weighted by molar-refractivity contribution is -0.139. The van der Waals surface area contributed by atoms with E-state index in [2.05, 4.69) is 17.4 Å². The highest BCUT2D eigenvalue weighted by molar-refractivity contribution is 5.82. The highest BCUT2D eigenvalue weighted by Crippen LogP contribution is 2.44. The molecule has 3 aromatic carbocycles. The van der Waals surface area contributed by atoms with Gasteiger partial charge in [-0.1, -0.05) is 54.6 Å². The summed E-state index contributed by atoms with van der Waals surface area (Å²) in [5.41, 5.74) is 6.92. The van der Waals surface area contributed by atoms with Crippen molar-refractivity contribution in [1.29, 1.82) is 0 Å². The SMILES string of the molecule is COc1ccc(-c2nc3ccccn3c2CC(NC(=O)OCC2c3ccccc3-c3ccccc32)C(=O)O)cc1OC. The Labute approximate surface area is 242 Å². The van der Waals surface area contributed by atoms with Gasteiger partial charge in [0.1, 0.15) is 18.3 Å². The number of carbonyl (C=O) groups excluding carboxylic acids is 1. The number of imidazole rings is 1. The molecule has 1 amide bonds. The lowest BCUT2D eigenvalue weighted by Gasteiger charge is -2.18. The van der Waals surface area contributed by atoms with Crippen LogP contribution in [-0.4, -0.2) is 53.4 Å². The number of aliphatic carboxylic acids is 1. The van der Waals surface area contributed by atoms with Gasteiger partial charge in [0.15, 0.2) is 11.5 Å². The number of amides is 1. The summed E-state index contributed by atoms with van der Waals surface area (Å²) in [6.07, 6.45) is 0.980. The van der Waals surface area contributed by atoms with E-state index < -0.39 is 18.1 Å². The predicted octanol–water partition coefficient (Wildman–Crippen LogP) is 5.55. The predicted molar refractivity (Wildman–Crippen MR) is 157 cm³/mol. The van der Waals surface area contributed by atoms with E-state index in [4.69, 9.17) is 19.2 Å². The average Bonchev–Trinajstić information content (AvgIpc) is 3.55. The maximum Gasteiger partial charge on any atom is 0.407 e. The minimum absolute atomic E-state index is 0.0333.